The van der Waals surface area contributed by atoms with Crippen molar-refractivity contribution in [2.75, 3.05) is 27.2 Å². The average molecular weight is 608 g/mol. The predicted molar refractivity (Wildman–Crippen MR) is 154 cm³/mol. The van der Waals surface area contributed by atoms with Crippen LogP contribution in [0.5, 0.6) is 34.6 Å². The molecular weight excluding hydrogens is 580 g/mol. The Hall–Kier alpha value is -5.50. The molecule has 5 rings (SSSR count). The molecule has 2 unspecified atom stereocenters. The number of likely N-dealkylation sites (N-methyl/N-ethyl adjacent to an activating group) is 1. The summed E-state index contributed by atoms with van der Waals surface area (Å²) in [7, 11) is 2.91. The van der Waals surface area contributed by atoms with Crippen molar-refractivity contribution in [2.45, 2.75) is 11.7 Å². The van der Waals surface area contributed by atoms with Gasteiger partial charge in [0.15, 0.2) is 23.4 Å². The second-order valence-corrected chi connectivity index (χ2v) is 9.74. The molecule has 2 heterocycles. The lowest BCUT2D eigenvalue weighted by atomic mass is 9.92. The summed E-state index contributed by atoms with van der Waals surface area (Å²) in [4.78, 5) is 22.3. The molecule has 0 amide bonds. The number of phenolic OH excluding ortho intramolecular Hbond substituents is 1. The van der Waals surface area contributed by atoms with Crippen LogP contribution in [0.1, 0.15) is 11.1 Å². The van der Waals surface area contributed by atoms with Gasteiger partial charge in [-0.05, 0) is 48.6 Å². The molecule has 2 aliphatic rings. The number of nitrogen functional groups attached to an aromatic ring is 1. The van der Waals surface area contributed by atoms with Crippen LogP contribution in [-0.2, 0) is 9.53 Å². The van der Waals surface area contributed by atoms with E-state index in [1.165, 1.54) is 54.6 Å². The van der Waals surface area contributed by atoms with Crippen molar-refractivity contribution in [3.8, 4) is 34.6 Å². The molecular formula is C30H27F2N5O7. The van der Waals surface area contributed by atoms with Crippen molar-refractivity contribution in [1.82, 2.24) is 9.88 Å². The molecule has 3 aromatic rings. The summed E-state index contributed by atoms with van der Waals surface area (Å²) in [5.41, 5.74) is 3.87. The molecule has 0 saturated heterocycles. The number of carbonyl (C=O) groups excluding carboxylic acids is 1. The Balaban J connectivity index is 1.50. The van der Waals surface area contributed by atoms with E-state index in [0.29, 0.717) is 30.7 Å². The maximum atomic E-state index is 15.6. The largest absolute Gasteiger partial charge is 0.504 e. The van der Waals surface area contributed by atoms with E-state index in [4.69, 9.17) is 30.1 Å². The summed E-state index contributed by atoms with van der Waals surface area (Å²) < 4.78 is 52.4. The number of phenols is 1. The van der Waals surface area contributed by atoms with Gasteiger partial charge in [-0.3, -0.25) is 10.4 Å². The summed E-state index contributed by atoms with van der Waals surface area (Å²) in [6.07, 6.45) is 5.34. The smallest absolute Gasteiger partial charge is 0.346 e. The lowest BCUT2D eigenvalue weighted by molar-refractivity contribution is -0.163. The van der Waals surface area contributed by atoms with Gasteiger partial charge in [0.05, 0.1) is 25.4 Å². The molecule has 1 aliphatic heterocycles. The number of benzene rings is 2. The van der Waals surface area contributed by atoms with Gasteiger partial charge in [-0.1, -0.05) is 12.2 Å². The molecule has 0 bridgehead atoms. The highest BCUT2D eigenvalue weighted by atomic mass is 19.1. The number of nitrogens with one attached hydrogen (secondary N) is 1. The lowest BCUT2D eigenvalue weighted by Crippen LogP contribution is -2.51. The van der Waals surface area contributed by atoms with E-state index in [2.05, 4.69) is 9.98 Å². The second kappa shape index (κ2) is 12.0. The Kier molecular flexibility index (Phi) is 8.18. The third kappa shape index (κ3) is 5.74. The molecule has 44 heavy (non-hydrogen) atoms. The van der Waals surface area contributed by atoms with Crippen LogP contribution in [0.4, 0.5) is 8.78 Å². The number of aromatic nitrogens is 1. The van der Waals surface area contributed by atoms with Gasteiger partial charge in [0.1, 0.15) is 23.2 Å². The quantitative estimate of drug-likeness (QED) is 0.160. The molecule has 1 aliphatic carbocycles. The van der Waals surface area contributed by atoms with Crippen LogP contribution >= 0.6 is 0 Å². The number of allylic oxidation sites excluding steroid dienone is 2. The number of aliphatic hydroxyl groups is 1. The number of hydrogen-bond acceptors (Lipinski definition) is 11. The van der Waals surface area contributed by atoms with Gasteiger partial charge in [0.25, 0.3) is 5.88 Å². The number of aliphatic imine (C=N–C) groups is 1. The van der Waals surface area contributed by atoms with Gasteiger partial charge >= 0.3 is 5.97 Å². The van der Waals surface area contributed by atoms with Crippen molar-refractivity contribution in [2.24, 2.45) is 10.7 Å². The van der Waals surface area contributed by atoms with E-state index in [9.17, 15) is 19.4 Å². The number of nitrogens with two attached hydrogens (primary N) is 1. The number of halogens is 2. The number of ether oxygens (including phenoxy) is 4. The van der Waals surface area contributed by atoms with Gasteiger partial charge in [-0.15, -0.1) is 0 Å². The zero-order chi connectivity index (χ0) is 31.6. The number of aromatic hydroxyl groups is 1. The van der Waals surface area contributed by atoms with Crippen LogP contribution in [0, 0.1) is 17.0 Å². The molecule has 14 heteroatoms. The number of carbonyl (C=O) groups is 1. The van der Waals surface area contributed by atoms with E-state index < -0.39 is 46.7 Å². The first-order valence-electron chi connectivity index (χ1n) is 13.1. The van der Waals surface area contributed by atoms with Crippen molar-refractivity contribution in [1.29, 1.82) is 5.41 Å². The summed E-state index contributed by atoms with van der Waals surface area (Å²) in [6.45, 7) is 1.02. The molecule has 0 spiro atoms. The standard InChI is InChI=1S/C30H27F2N5O7/c1-37-12-11-35-27(37)18-14-17(42-23-5-3-4-10-30(23,40)29(39)41-2)7-9-21(18)43-25-19(31)15-36-28(24(25)32)44-22-13-16(26(33)34)6-8-20(22)38/h3-10,13-15,23,38,40H,11-12H2,1-2H3,(H3,33,34). The zero-order valence-corrected chi connectivity index (χ0v) is 23.5. The SMILES string of the molecule is COC(=O)C1(O)C=CC=CC1Oc1ccc(Oc2c(F)cnc(Oc3cc(C(=N)N)ccc3O)c2F)c(C2=NCCN2C)c1. The van der Waals surface area contributed by atoms with E-state index in [-0.39, 0.29) is 28.6 Å². The summed E-state index contributed by atoms with van der Waals surface area (Å²) in [6, 6.07) is 8.08. The monoisotopic (exact) mass is 607 g/mol. The Bertz CT molecular complexity index is 1730. The first kappa shape index (κ1) is 30.0. The predicted octanol–water partition coefficient (Wildman–Crippen LogP) is 3.40. The molecule has 0 radical (unpaired) electrons. The fourth-order valence-corrected chi connectivity index (χ4v) is 4.48. The van der Waals surface area contributed by atoms with E-state index >= 15 is 4.39 Å². The molecule has 1 aromatic heterocycles. The number of amidine groups is 2. The molecule has 2 atom stereocenters. The van der Waals surface area contributed by atoms with Gasteiger partial charge in [-0.25, -0.2) is 14.2 Å². The topological polar surface area (TPSA) is 173 Å². The van der Waals surface area contributed by atoms with Crippen molar-refractivity contribution in [3.63, 3.8) is 0 Å². The molecule has 2 aromatic carbocycles. The second-order valence-electron chi connectivity index (χ2n) is 9.74. The molecule has 12 nitrogen and oxygen atoms in total. The number of pyridine rings is 1. The van der Waals surface area contributed by atoms with Crippen LogP contribution in [0.15, 0.2) is 71.9 Å². The zero-order valence-electron chi connectivity index (χ0n) is 23.5. The van der Waals surface area contributed by atoms with Gasteiger partial charge in [0.2, 0.25) is 17.2 Å². The van der Waals surface area contributed by atoms with E-state index in [0.717, 1.165) is 7.11 Å². The van der Waals surface area contributed by atoms with Crippen LogP contribution in [0.2, 0.25) is 0 Å². The first-order valence-corrected chi connectivity index (χ1v) is 13.1. The van der Waals surface area contributed by atoms with Crippen LogP contribution < -0.4 is 19.9 Å². The summed E-state index contributed by atoms with van der Waals surface area (Å²) in [5, 5.41) is 28.7. The fraction of sp³-hybridized carbons (Fsp3) is 0.200. The number of rotatable bonds is 9. The third-order valence-corrected chi connectivity index (χ3v) is 6.80. The van der Waals surface area contributed by atoms with Gasteiger partial charge in [0, 0.05) is 19.2 Å². The van der Waals surface area contributed by atoms with Gasteiger partial charge in [-0.2, -0.15) is 4.39 Å². The Morgan fingerprint density at radius 3 is 2.66 bits per heavy atom. The Morgan fingerprint density at radius 1 is 1.16 bits per heavy atom. The van der Waals surface area contributed by atoms with Crippen molar-refractivity contribution >= 4 is 17.6 Å². The maximum Gasteiger partial charge on any atom is 0.346 e. The summed E-state index contributed by atoms with van der Waals surface area (Å²) >= 11 is 0. The average Bonchev–Trinajstić information content (AvgIpc) is 3.44. The van der Waals surface area contributed by atoms with Crippen LogP contribution in [0.3, 0.4) is 0 Å². The molecule has 0 saturated carbocycles. The molecule has 228 valence electrons. The van der Waals surface area contributed by atoms with Crippen molar-refractivity contribution in [3.05, 3.63) is 89.7 Å². The Morgan fingerprint density at radius 2 is 1.95 bits per heavy atom. The minimum Gasteiger partial charge on any atom is -0.504 e. The summed E-state index contributed by atoms with van der Waals surface area (Å²) in [5.74, 6) is -5.34. The van der Waals surface area contributed by atoms with E-state index in [1.807, 2.05) is 0 Å². The number of esters is 1. The van der Waals surface area contributed by atoms with Crippen LogP contribution in [0.25, 0.3) is 0 Å². The number of nitrogens with zero attached hydrogens (tertiary/aromatic N) is 3. The first-order chi connectivity index (χ1) is 21.0. The van der Waals surface area contributed by atoms with Crippen molar-refractivity contribution < 1.29 is 42.7 Å². The third-order valence-electron chi connectivity index (χ3n) is 6.80. The highest BCUT2D eigenvalue weighted by Gasteiger charge is 2.45. The maximum absolute atomic E-state index is 15.6. The number of methoxy groups -OCH3 is 1. The molecule has 0 fully saturated rings. The lowest BCUT2D eigenvalue weighted by Gasteiger charge is -2.31. The van der Waals surface area contributed by atoms with Gasteiger partial charge < -0.3 is 39.8 Å². The number of hydrogen-bond donors (Lipinski definition) is 4. The fourth-order valence-electron chi connectivity index (χ4n) is 4.48. The molecule has 5 N–H and O–H groups in total. The highest BCUT2D eigenvalue weighted by Crippen LogP contribution is 2.39. The normalized spacial score (nSPS) is 19.0. The van der Waals surface area contributed by atoms with E-state index in [1.54, 1.807) is 18.0 Å². The minimum absolute atomic E-state index is 0.0106. The Labute approximate surface area is 249 Å². The minimum atomic E-state index is -2.10. The van der Waals surface area contributed by atoms with Crippen LogP contribution in [-0.4, -0.2) is 76.7 Å². The highest BCUT2D eigenvalue weighted by molar-refractivity contribution is 6.02.